The Balaban J connectivity index is 1.88. The van der Waals surface area contributed by atoms with Crippen molar-refractivity contribution in [3.8, 4) is 0 Å². The van der Waals surface area contributed by atoms with E-state index in [0.717, 1.165) is 26.7 Å². The molecule has 0 aliphatic rings. The summed E-state index contributed by atoms with van der Waals surface area (Å²) in [7, 11) is 0. The van der Waals surface area contributed by atoms with Gasteiger partial charge >= 0.3 is 0 Å². The lowest BCUT2D eigenvalue weighted by atomic mass is 10.2. The van der Waals surface area contributed by atoms with E-state index in [-0.39, 0.29) is 5.91 Å². The number of fused-ring (bicyclic) bond motifs is 1. The molecule has 3 nitrogen and oxygen atoms in total. The molecule has 0 fully saturated rings. The van der Waals surface area contributed by atoms with Gasteiger partial charge in [-0.3, -0.25) is 4.79 Å². The van der Waals surface area contributed by atoms with Crippen LogP contribution in [0.5, 0.6) is 0 Å². The molecule has 0 saturated carbocycles. The molecular formula is C16H12BrNO2. The third-order valence-corrected chi connectivity index (χ3v) is 3.48. The van der Waals surface area contributed by atoms with Gasteiger partial charge in [-0.25, -0.2) is 0 Å². The molecule has 4 heteroatoms. The van der Waals surface area contributed by atoms with E-state index >= 15 is 0 Å². The second-order valence-corrected chi connectivity index (χ2v) is 5.53. The summed E-state index contributed by atoms with van der Waals surface area (Å²) in [6.45, 7) is 1.99. The van der Waals surface area contributed by atoms with E-state index in [2.05, 4.69) is 21.2 Å². The van der Waals surface area contributed by atoms with Gasteiger partial charge in [0, 0.05) is 15.5 Å². The molecule has 1 amide bonds. The molecule has 2 aromatic carbocycles. The maximum Gasteiger partial charge on any atom is 0.291 e. The number of halogens is 1. The van der Waals surface area contributed by atoms with Crippen LogP contribution in [0.1, 0.15) is 16.1 Å². The lowest BCUT2D eigenvalue weighted by molar-refractivity contribution is 0.0998. The summed E-state index contributed by atoms with van der Waals surface area (Å²) in [5, 5.41) is 3.74. The van der Waals surface area contributed by atoms with Crippen molar-refractivity contribution < 1.29 is 9.21 Å². The molecule has 0 saturated heterocycles. The maximum absolute atomic E-state index is 12.2. The molecule has 100 valence electrons. The van der Waals surface area contributed by atoms with Crippen LogP contribution in [0.2, 0.25) is 0 Å². The Labute approximate surface area is 124 Å². The van der Waals surface area contributed by atoms with Gasteiger partial charge in [-0.15, -0.1) is 0 Å². The number of aryl methyl sites for hydroxylation is 1. The Morgan fingerprint density at radius 3 is 2.80 bits per heavy atom. The van der Waals surface area contributed by atoms with Crippen LogP contribution in [-0.4, -0.2) is 5.91 Å². The first kappa shape index (κ1) is 12.9. The molecule has 3 aromatic rings. The maximum atomic E-state index is 12.2. The van der Waals surface area contributed by atoms with Crippen LogP contribution in [0.15, 0.2) is 57.4 Å². The molecule has 1 N–H and O–H groups in total. The molecule has 0 aliphatic heterocycles. The predicted molar refractivity (Wildman–Crippen MR) is 83.0 cm³/mol. The number of benzene rings is 2. The first-order chi connectivity index (χ1) is 9.61. The van der Waals surface area contributed by atoms with E-state index in [1.807, 2.05) is 49.4 Å². The first-order valence-electron chi connectivity index (χ1n) is 6.19. The van der Waals surface area contributed by atoms with Crippen molar-refractivity contribution in [1.82, 2.24) is 0 Å². The van der Waals surface area contributed by atoms with Crippen molar-refractivity contribution in [3.05, 3.63) is 64.3 Å². The highest BCUT2D eigenvalue weighted by atomic mass is 79.9. The van der Waals surface area contributed by atoms with E-state index in [1.54, 1.807) is 6.07 Å². The van der Waals surface area contributed by atoms with E-state index in [4.69, 9.17) is 4.42 Å². The third kappa shape index (κ3) is 2.60. The SMILES string of the molecule is Cc1ccc2cc(C(=O)Nc3cccc(Br)c3)oc2c1. The molecule has 0 bridgehead atoms. The normalized spacial score (nSPS) is 10.7. The first-order valence-corrected chi connectivity index (χ1v) is 6.98. The standard InChI is InChI=1S/C16H12BrNO2/c1-10-5-6-11-8-15(20-14(11)7-10)16(19)18-13-4-2-3-12(17)9-13/h2-9H,1H3,(H,18,19). The Bertz CT molecular complexity index is 792. The number of hydrogen-bond donors (Lipinski definition) is 1. The zero-order valence-corrected chi connectivity index (χ0v) is 12.4. The fourth-order valence-electron chi connectivity index (χ4n) is 2.01. The lowest BCUT2D eigenvalue weighted by Gasteiger charge is -2.02. The molecule has 3 rings (SSSR count). The molecule has 0 radical (unpaired) electrons. The van der Waals surface area contributed by atoms with Gasteiger partial charge in [-0.1, -0.05) is 34.1 Å². The second kappa shape index (κ2) is 5.13. The smallest absolute Gasteiger partial charge is 0.291 e. The topological polar surface area (TPSA) is 42.2 Å². The van der Waals surface area contributed by atoms with Crippen molar-refractivity contribution in [1.29, 1.82) is 0 Å². The zero-order valence-electron chi connectivity index (χ0n) is 10.8. The Morgan fingerprint density at radius 2 is 2.00 bits per heavy atom. The highest BCUT2D eigenvalue weighted by Gasteiger charge is 2.12. The molecule has 0 aliphatic carbocycles. The van der Waals surface area contributed by atoms with Crippen molar-refractivity contribution >= 4 is 38.5 Å². The summed E-state index contributed by atoms with van der Waals surface area (Å²) in [6, 6.07) is 15.0. The zero-order chi connectivity index (χ0) is 14.1. The lowest BCUT2D eigenvalue weighted by Crippen LogP contribution is -2.10. The minimum atomic E-state index is -0.253. The molecule has 0 unspecified atom stereocenters. The summed E-state index contributed by atoms with van der Waals surface area (Å²) in [4.78, 5) is 12.2. The number of rotatable bonds is 2. The third-order valence-electron chi connectivity index (χ3n) is 2.98. The predicted octanol–water partition coefficient (Wildman–Crippen LogP) is 4.76. The van der Waals surface area contributed by atoms with Gasteiger partial charge in [0.15, 0.2) is 5.76 Å². The molecule has 0 atom stereocenters. The Morgan fingerprint density at radius 1 is 1.15 bits per heavy atom. The fourth-order valence-corrected chi connectivity index (χ4v) is 2.41. The van der Waals surface area contributed by atoms with Crippen LogP contribution in [0.25, 0.3) is 11.0 Å². The summed E-state index contributed by atoms with van der Waals surface area (Å²) in [5.41, 5.74) is 2.55. The highest BCUT2D eigenvalue weighted by molar-refractivity contribution is 9.10. The van der Waals surface area contributed by atoms with Crippen LogP contribution in [0.3, 0.4) is 0 Å². The second-order valence-electron chi connectivity index (χ2n) is 4.62. The number of carbonyl (C=O) groups excluding carboxylic acids is 1. The van der Waals surface area contributed by atoms with Gasteiger partial charge in [0.2, 0.25) is 0 Å². The fraction of sp³-hybridized carbons (Fsp3) is 0.0625. The highest BCUT2D eigenvalue weighted by Crippen LogP contribution is 2.22. The summed E-state index contributed by atoms with van der Waals surface area (Å²) in [5.74, 6) is 0.0579. The minimum Gasteiger partial charge on any atom is -0.451 e. The minimum absolute atomic E-state index is 0.253. The number of amides is 1. The van der Waals surface area contributed by atoms with Gasteiger partial charge in [0.1, 0.15) is 5.58 Å². The largest absolute Gasteiger partial charge is 0.451 e. The van der Waals surface area contributed by atoms with E-state index in [1.165, 1.54) is 0 Å². The van der Waals surface area contributed by atoms with E-state index in [0.29, 0.717) is 5.76 Å². The van der Waals surface area contributed by atoms with Gasteiger partial charge in [-0.05, 0) is 42.8 Å². The monoisotopic (exact) mass is 329 g/mol. The average Bonchev–Trinajstić information content (AvgIpc) is 2.81. The van der Waals surface area contributed by atoms with Crippen LogP contribution >= 0.6 is 15.9 Å². The molecule has 1 aromatic heterocycles. The van der Waals surface area contributed by atoms with Crippen LogP contribution in [-0.2, 0) is 0 Å². The van der Waals surface area contributed by atoms with E-state index < -0.39 is 0 Å². The number of furan rings is 1. The number of nitrogens with one attached hydrogen (secondary N) is 1. The number of anilines is 1. The quantitative estimate of drug-likeness (QED) is 0.736. The summed E-state index contributed by atoms with van der Waals surface area (Å²) >= 11 is 3.37. The number of carbonyl (C=O) groups is 1. The Kier molecular flexibility index (Phi) is 3.32. The average molecular weight is 330 g/mol. The van der Waals surface area contributed by atoms with Crippen LogP contribution in [0, 0.1) is 6.92 Å². The summed E-state index contributed by atoms with van der Waals surface area (Å²) in [6.07, 6.45) is 0. The summed E-state index contributed by atoms with van der Waals surface area (Å²) < 4.78 is 6.50. The van der Waals surface area contributed by atoms with Gasteiger partial charge < -0.3 is 9.73 Å². The molecular weight excluding hydrogens is 318 g/mol. The van der Waals surface area contributed by atoms with Crippen molar-refractivity contribution in [2.45, 2.75) is 6.92 Å². The van der Waals surface area contributed by atoms with Crippen molar-refractivity contribution in [2.75, 3.05) is 5.32 Å². The van der Waals surface area contributed by atoms with Gasteiger partial charge in [0.25, 0.3) is 5.91 Å². The van der Waals surface area contributed by atoms with Crippen LogP contribution in [0.4, 0.5) is 5.69 Å². The van der Waals surface area contributed by atoms with Crippen molar-refractivity contribution in [3.63, 3.8) is 0 Å². The Hall–Kier alpha value is -2.07. The van der Waals surface area contributed by atoms with Gasteiger partial charge in [0.05, 0.1) is 0 Å². The van der Waals surface area contributed by atoms with Crippen molar-refractivity contribution in [2.24, 2.45) is 0 Å². The van der Waals surface area contributed by atoms with Gasteiger partial charge in [-0.2, -0.15) is 0 Å². The van der Waals surface area contributed by atoms with Crippen LogP contribution < -0.4 is 5.32 Å². The van der Waals surface area contributed by atoms with E-state index in [9.17, 15) is 4.79 Å². The molecule has 1 heterocycles. The molecule has 0 spiro atoms. The molecule has 20 heavy (non-hydrogen) atoms. The number of hydrogen-bond acceptors (Lipinski definition) is 2.